The molecule has 2 aromatic rings. The zero-order valence-corrected chi connectivity index (χ0v) is 13.7. The van der Waals surface area contributed by atoms with Gasteiger partial charge in [-0.05, 0) is 41.1 Å². The van der Waals surface area contributed by atoms with Crippen molar-refractivity contribution < 1.29 is 4.74 Å². The van der Waals surface area contributed by atoms with Crippen LogP contribution in [0, 0.1) is 3.57 Å². The number of rotatable bonds is 6. The second-order valence-corrected chi connectivity index (χ2v) is 5.33. The van der Waals surface area contributed by atoms with E-state index >= 15 is 0 Å². The highest BCUT2D eigenvalue weighted by Crippen LogP contribution is 2.20. The van der Waals surface area contributed by atoms with Crippen LogP contribution in [0.2, 0.25) is 0 Å². The van der Waals surface area contributed by atoms with E-state index in [1.807, 2.05) is 18.3 Å². The van der Waals surface area contributed by atoms with E-state index in [-0.39, 0.29) is 0 Å². The fourth-order valence-electron chi connectivity index (χ4n) is 1.83. The number of anilines is 1. The van der Waals surface area contributed by atoms with Crippen molar-refractivity contribution in [3.63, 3.8) is 0 Å². The van der Waals surface area contributed by atoms with Crippen molar-refractivity contribution in [1.82, 2.24) is 15.0 Å². The Morgan fingerprint density at radius 1 is 1.35 bits per heavy atom. The van der Waals surface area contributed by atoms with Gasteiger partial charge < -0.3 is 10.1 Å². The first-order chi connectivity index (χ1) is 9.74. The predicted molar refractivity (Wildman–Crippen MR) is 86.7 cm³/mol. The van der Waals surface area contributed by atoms with E-state index < -0.39 is 0 Å². The predicted octanol–water partition coefficient (Wildman–Crippen LogP) is 2.65. The van der Waals surface area contributed by atoms with E-state index in [2.05, 4.69) is 49.8 Å². The van der Waals surface area contributed by atoms with Crippen LogP contribution >= 0.6 is 22.6 Å². The Labute approximate surface area is 132 Å². The molecule has 6 heteroatoms. The third kappa shape index (κ3) is 3.86. The number of aromatic nitrogens is 3. The van der Waals surface area contributed by atoms with Crippen molar-refractivity contribution in [2.75, 3.05) is 19.0 Å². The smallest absolute Gasteiger partial charge is 0.143 e. The molecule has 0 saturated carbocycles. The van der Waals surface area contributed by atoms with Crippen molar-refractivity contribution in [1.29, 1.82) is 0 Å². The van der Waals surface area contributed by atoms with Crippen LogP contribution in [0.1, 0.15) is 24.0 Å². The van der Waals surface area contributed by atoms with Crippen molar-refractivity contribution in [2.24, 2.45) is 0 Å². The standard InChI is InChI=1S/C14H17IN4O/c1-3-17-14-13(15)11(9-20-2)18-12(19-14)7-10-5-4-6-16-8-10/h4-6,8H,3,7,9H2,1-2H3,(H,17,18,19). The van der Waals surface area contributed by atoms with Crippen LogP contribution in [-0.4, -0.2) is 28.6 Å². The van der Waals surface area contributed by atoms with Gasteiger partial charge in [0.25, 0.3) is 0 Å². The number of ether oxygens (including phenoxy) is 1. The zero-order valence-electron chi connectivity index (χ0n) is 11.6. The molecule has 0 unspecified atom stereocenters. The molecule has 20 heavy (non-hydrogen) atoms. The van der Waals surface area contributed by atoms with Gasteiger partial charge in [0.05, 0.1) is 15.9 Å². The molecule has 0 aliphatic carbocycles. The van der Waals surface area contributed by atoms with Crippen LogP contribution in [0.25, 0.3) is 0 Å². The van der Waals surface area contributed by atoms with E-state index in [0.717, 1.165) is 33.0 Å². The number of hydrogen-bond donors (Lipinski definition) is 1. The van der Waals surface area contributed by atoms with Gasteiger partial charge in [-0.15, -0.1) is 0 Å². The molecule has 2 aromatic heterocycles. The van der Waals surface area contributed by atoms with Crippen molar-refractivity contribution in [3.05, 3.63) is 45.2 Å². The van der Waals surface area contributed by atoms with Gasteiger partial charge in [-0.3, -0.25) is 4.98 Å². The highest BCUT2D eigenvalue weighted by atomic mass is 127. The summed E-state index contributed by atoms with van der Waals surface area (Å²) in [4.78, 5) is 13.3. The molecule has 0 aliphatic heterocycles. The lowest BCUT2D eigenvalue weighted by Crippen LogP contribution is -2.10. The van der Waals surface area contributed by atoms with Crippen LogP contribution in [0.3, 0.4) is 0 Å². The summed E-state index contributed by atoms with van der Waals surface area (Å²) in [6.07, 6.45) is 4.27. The van der Waals surface area contributed by atoms with E-state index in [9.17, 15) is 0 Å². The largest absolute Gasteiger partial charge is 0.378 e. The van der Waals surface area contributed by atoms with Gasteiger partial charge in [0.1, 0.15) is 11.6 Å². The maximum Gasteiger partial charge on any atom is 0.143 e. The number of methoxy groups -OCH3 is 1. The lowest BCUT2D eigenvalue weighted by Gasteiger charge is -2.11. The van der Waals surface area contributed by atoms with Crippen LogP contribution in [-0.2, 0) is 17.8 Å². The first-order valence-electron chi connectivity index (χ1n) is 6.41. The Bertz CT molecular complexity index is 535. The molecular formula is C14H17IN4O. The molecule has 0 aliphatic rings. The highest BCUT2D eigenvalue weighted by Gasteiger charge is 2.12. The average molecular weight is 384 g/mol. The topological polar surface area (TPSA) is 59.9 Å². The lowest BCUT2D eigenvalue weighted by molar-refractivity contribution is 0.180. The number of pyridine rings is 1. The van der Waals surface area contributed by atoms with Gasteiger partial charge in [-0.1, -0.05) is 6.07 Å². The van der Waals surface area contributed by atoms with E-state index in [0.29, 0.717) is 13.0 Å². The Hall–Kier alpha value is -1.28. The molecule has 106 valence electrons. The molecule has 0 bridgehead atoms. The third-order valence-electron chi connectivity index (χ3n) is 2.68. The Balaban J connectivity index is 2.32. The number of halogens is 1. The van der Waals surface area contributed by atoms with Crippen molar-refractivity contribution in [3.8, 4) is 0 Å². The molecular weight excluding hydrogens is 367 g/mol. The molecule has 0 aromatic carbocycles. The molecule has 2 rings (SSSR count). The van der Waals surface area contributed by atoms with Crippen LogP contribution in [0.5, 0.6) is 0 Å². The van der Waals surface area contributed by atoms with Gasteiger partial charge in [-0.25, -0.2) is 9.97 Å². The second-order valence-electron chi connectivity index (χ2n) is 4.25. The lowest BCUT2D eigenvalue weighted by atomic mass is 10.2. The summed E-state index contributed by atoms with van der Waals surface area (Å²) in [5, 5.41) is 3.27. The van der Waals surface area contributed by atoms with Gasteiger partial charge >= 0.3 is 0 Å². The SMILES string of the molecule is CCNc1nc(Cc2cccnc2)nc(COC)c1I. The summed E-state index contributed by atoms with van der Waals surface area (Å²) in [5.41, 5.74) is 2.01. The summed E-state index contributed by atoms with van der Waals surface area (Å²) >= 11 is 2.26. The maximum atomic E-state index is 5.21. The first kappa shape index (κ1) is 15.1. The summed E-state index contributed by atoms with van der Waals surface area (Å²) in [6.45, 7) is 3.36. The minimum Gasteiger partial charge on any atom is -0.378 e. The average Bonchev–Trinajstić information content (AvgIpc) is 2.45. The quantitative estimate of drug-likeness (QED) is 0.777. The molecule has 2 heterocycles. The Morgan fingerprint density at radius 3 is 2.85 bits per heavy atom. The number of hydrogen-bond acceptors (Lipinski definition) is 5. The van der Waals surface area contributed by atoms with Gasteiger partial charge in [0.15, 0.2) is 0 Å². The van der Waals surface area contributed by atoms with Crippen LogP contribution in [0.15, 0.2) is 24.5 Å². The summed E-state index contributed by atoms with van der Waals surface area (Å²) in [7, 11) is 1.67. The number of nitrogens with one attached hydrogen (secondary N) is 1. The van der Waals surface area contributed by atoms with Gasteiger partial charge in [-0.2, -0.15) is 0 Å². The van der Waals surface area contributed by atoms with Gasteiger partial charge in [0, 0.05) is 32.5 Å². The summed E-state index contributed by atoms with van der Waals surface area (Å²) in [5.74, 6) is 1.65. The summed E-state index contributed by atoms with van der Waals surface area (Å²) < 4.78 is 6.23. The minimum absolute atomic E-state index is 0.485. The molecule has 0 saturated heterocycles. The third-order valence-corrected chi connectivity index (χ3v) is 3.81. The number of nitrogens with zero attached hydrogens (tertiary/aromatic N) is 3. The molecule has 0 radical (unpaired) electrons. The zero-order chi connectivity index (χ0) is 14.4. The fourth-order valence-corrected chi connectivity index (χ4v) is 2.41. The molecule has 5 nitrogen and oxygen atoms in total. The van der Waals surface area contributed by atoms with E-state index in [1.165, 1.54) is 0 Å². The molecule has 0 spiro atoms. The summed E-state index contributed by atoms with van der Waals surface area (Å²) in [6, 6.07) is 3.94. The molecule has 0 fully saturated rings. The van der Waals surface area contributed by atoms with Crippen LogP contribution in [0.4, 0.5) is 5.82 Å². The maximum absolute atomic E-state index is 5.21. The van der Waals surface area contributed by atoms with Crippen molar-refractivity contribution >= 4 is 28.4 Å². The molecule has 0 atom stereocenters. The van der Waals surface area contributed by atoms with Crippen LogP contribution < -0.4 is 5.32 Å². The normalized spacial score (nSPS) is 10.6. The minimum atomic E-state index is 0.485. The Morgan fingerprint density at radius 2 is 2.20 bits per heavy atom. The first-order valence-corrected chi connectivity index (χ1v) is 7.49. The second kappa shape index (κ2) is 7.49. The monoisotopic (exact) mass is 384 g/mol. The fraction of sp³-hybridized carbons (Fsp3) is 0.357. The molecule has 1 N–H and O–H groups in total. The van der Waals surface area contributed by atoms with Crippen molar-refractivity contribution in [2.45, 2.75) is 20.0 Å². The molecule has 0 amide bonds. The highest BCUT2D eigenvalue weighted by molar-refractivity contribution is 14.1. The van der Waals surface area contributed by atoms with E-state index in [4.69, 9.17) is 4.74 Å². The van der Waals surface area contributed by atoms with Gasteiger partial charge in [0.2, 0.25) is 0 Å². The Kier molecular flexibility index (Phi) is 5.66. The van der Waals surface area contributed by atoms with E-state index in [1.54, 1.807) is 13.3 Å².